The van der Waals surface area contributed by atoms with Crippen LogP contribution < -0.4 is 10.7 Å². The third-order valence-electron chi connectivity index (χ3n) is 5.02. The normalized spacial score (nSPS) is 18.2. The highest BCUT2D eigenvalue weighted by molar-refractivity contribution is 5.81. The minimum absolute atomic E-state index is 0.361. The van der Waals surface area contributed by atoms with Gasteiger partial charge in [-0.1, -0.05) is 12.0 Å². The van der Waals surface area contributed by atoms with E-state index < -0.39 is 0 Å². The van der Waals surface area contributed by atoms with Crippen molar-refractivity contribution in [1.82, 2.24) is 9.58 Å². The second kappa shape index (κ2) is 6.75. The molecule has 25 heavy (non-hydrogen) atoms. The van der Waals surface area contributed by atoms with Gasteiger partial charge in [0.15, 0.2) is 0 Å². The fourth-order valence-electron chi connectivity index (χ4n) is 3.55. The Morgan fingerprint density at radius 3 is 2.88 bits per heavy atom. The Kier molecular flexibility index (Phi) is 4.31. The molecule has 2 aliphatic heterocycles. The van der Waals surface area contributed by atoms with Crippen molar-refractivity contribution in [2.24, 2.45) is 10.7 Å². The zero-order valence-electron chi connectivity index (χ0n) is 14.3. The maximum atomic E-state index is 6.01. The number of benzene rings is 1. The molecule has 128 valence electrons. The van der Waals surface area contributed by atoms with E-state index in [9.17, 15) is 0 Å². The highest BCUT2D eigenvalue weighted by Crippen LogP contribution is 2.23. The molecule has 2 aliphatic rings. The van der Waals surface area contributed by atoms with E-state index in [-0.39, 0.29) is 0 Å². The first kappa shape index (κ1) is 15.9. The van der Waals surface area contributed by atoms with Crippen LogP contribution in [-0.4, -0.2) is 41.6 Å². The lowest BCUT2D eigenvalue weighted by Gasteiger charge is -2.31. The second-order valence-electron chi connectivity index (χ2n) is 6.73. The number of rotatable bonds is 3. The zero-order valence-corrected chi connectivity index (χ0v) is 14.3. The number of aromatic nitrogens is 1. The third-order valence-corrected chi connectivity index (χ3v) is 5.02. The molecule has 3 heterocycles. The molecule has 0 bridgehead atoms. The topological polar surface area (TPSA) is 49.8 Å². The summed E-state index contributed by atoms with van der Waals surface area (Å²) in [5.41, 5.74) is 10.4. The van der Waals surface area contributed by atoms with Gasteiger partial charge in [-0.05, 0) is 55.8 Å². The van der Waals surface area contributed by atoms with Crippen LogP contribution in [0, 0.1) is 12.3 Å². The van der Waals surface area contributed by atoms with Crippen LogP contribution in [0.1, 0.15) is 29.7 Å². The van der Waals surface area contributed by atoms with Gasteiger partial charge in [-0.2, -0.15) is 0 Å². The van der Waals surface area contributed by atoms with Gasteiger partial charge >= 0.3 is 0 Å². The molecule has 2 aromatic rings. The zero-order chi connectivity index (χ0) is 17.2. The van der Waals surface area contributed by atoms with Crippen molar-refractivity contribution >= 4 is 11.9 Å². The second-order valence-corrected chi connectivity index (χ2v) is 6.73. The molecule has 1 aromatic carbocycles. The van der Waals surface area contributed by atoms with Crippen LogP contribution in [0.2, 0.25) is 0 Å². The van der Waals surface area contributed by atoms with Gasteiger partial charge in [0, 0.05) is 30.6 Å². The lowest BCUT2D eigenvalue weighted by atomic mass is 10.1. The molecule has 5 nitrogen and oxygen atoms in total. The van der Waals surface area contributed by atoms with Gasteiger partial charge < -0.3 is 5.73 Å². The van der Waals surface area contributed by atoms with Gasteiger partial charge in [0.05, 0.1) is 11.4 Å². The van der Waals surface area contributed by atoms with Gasteiger partial charge in [-0.25, -0.2) is 0 Å². The monoisotopic (exact) mass is 333 g/mol. The molecule has 0 saturated carbocycles. The first-order chi connectivity index (χ1) is 12.2. The number of nitrogens with two attached hydrogens (primary N) is 1. The number of likely N-dealkylation sites (tertiary alicyclic amines) is 1. The maximum Gasteiger partial charge on any atom is 0.130 e. The number of fused-ring (bicyclic) bond motifs is 1. The summed E-state index contributed by atoms with van der Waals surface area (Å²) in [6, 6.07) is 10.6. The van der Waals surface area contributed by atoms with Crippen molar-refractivity contribution in [3.05, 3.63) is 53.3 Å². The molecule has 2 N–H and O–H groups in total. The van der Waals surface area contributed by atoms with Crippen molar-refractivity contribution in [1.29, 1.82) is 0 Å². The molecule has 1 aromatic heterocycles. The lowest BCUT2D eigenvalue weighted by Crippen LogP contribution is -2.39. The molecule has 0 unspecified atom stereocenters. The first-order valence-electron chi connectivity index (χ1n) is 8.77. The van der Waals surface area contributed by atoms with Crippen LogP contribution in [0.15, 0.2) is 41.5 Å². The largest absolute Gasteiger partial charge is 0.328 e. The van der Waals surface area contributed by atoms with Crippen molar-refractivity contribution in [3.63, 3.8) is 0 Å². The number of hydrogen-bond donors (Lipinski definition) is 1. The fraction of sp³-hybridized carbons (Fsp3) is 0.350. The van der Waals surface area contributed by atoms with E-state index in [1.54, 1.807) is 0 Å². The lowest BCUT2D eigenvalue weighted by molar-refractivity contribution is 0.205. The summed E-state index contributed by atoms with van der Waals surface area (Å²) in [5.74, 6) is 2.70. The standard InChI is InChI=1S/C20H23N5/c1-2-16-4-3-5-19(12-16)25-15-22-13-20-17(6-11-24(20)25)14-23-9-7-18(21)8-10-23/h1,3-6,11-13,18H,7-10,14-15,21H2. The molecule has 0 radical (unpaired) electrons. The van der Waals surface area contributed by atoms with Gasteiger partial charge in [0.2, 0.25) is 0 Å². The minimum atomic E-state index is 0.361. The number of piperidine rings is 1. The molecule has 0 aliphatic carbocycles. The molecular formula is C20H23N5. The number of terminal acetylenes is 1. The van der Waals surface area contributed by atoms with Gasteiger partial charge in [-0.15, -0.1) is 6.42 Å². The number of anilines is 1. The van der Waals surface area contributed by atoms with Crippen LogP contribution >= 0.6 is 0 Å². The van der Waals surface area contributed by atoms with Crippen molar-refractivity contribution < 1.29 is 0 Å². The molecular weight excluding hydrogens is 310 g/mol. The van der Waals surface area contributed by atoms with Crippen LogP contribution in [0.4, 0.5) is 5.69 Å². The van der Waals surface area contributed by atoms with Crippen LogP contribution in [0.25, 0.3) is 0 Å². The molecule has 4 rings (SSSR count). The summed E-state index contributed by atoms with van der Waals surface area (Å²) in [6.07, 6.45) is 11.8. The van der Waals surface area contributed by atoms with E-state index in [4.69, 9.17) is 12.2 Å². The summed E-state index contributed by atoms with van der Waals surface area (Å²) >= 11 is 0. The Morgan fingerprint density at radius 2 is 2.08 bits per heavy atom. The maximum absolute atomic E-state index is 6.01. The highest BCUT2D eigenvalue weighted by Gasteiger charge is 2.21. The average Bonchev–Trinajstić information content (AvgIpc) is 3.06. The van der Waals surface area contributed by atoms with Gasteiger partial charge in [0.25, 0.3) is 0 Å². The quantitative estimate of drug-likeness (QED) is 0.875. The van der Waals surface area contributed by atoms with E-state index in [1.807, 2.05) is 24.4 Å². The summed E-state index contributed by atoms with van der Waals surface area (Å²) in [4.78, 5) is 7.04. The van der Waals surface area contributed by atoms with E-state index >= 15 is 0 Å². The molecule has 0 atom stereocenters. The third kappa shape index (κ3) is 3.19. The van der Waals surface area contributed by atoms with Crippen molar-refractivity contribution in [2.75, 3.05) is 24.8 Å². The Labute approximate surface area is 148 Å². The highest BCUT2D eigenvalue weighted by atomic mass is 15.6. The SMILES string of the molecule is C#Cc1cccc(N2CN=Cc3c(CN4CCC(N)CC4)ccn32)c1. The van der Waals surface area contributed by atoms with Gasteiger partial charge in [-0.3, -0.25) is 19.6 Å². The Morgan fingerprint density at radius 1 is 1.24 bits per heavy atom. The molecule has 1 saturated heterocycles. The number of hydrogen-bond acceptors (Lipinski definition) is 4. The molecule has 0 amide bonds. The minimum Gasteiger partial charge on any atom is -0.328 e. The summed E-state index contributed by atoms with van der Waals surface area (Å²) in [7, 11) is 0. The van der Waals surface area contributed by atoms with Gasteiger partial charge in [0.1, 0.15) is 6.67 Å². The Hall–Kier alpha value is -2.55. The predicted molar refractivity (Wildman–Crippen MR) is 102 cm³/mol. The van der Waals surface area contributed by atoms with Crippen molar-refractivity contribution in [2.45, 2.75) is 25.4 Å². The first-order valence-corrected chi connectivity index (χ1v) is 8.77. The smallest absolute Gasteiger partial charge is 0.130 e. The summed E-state index contributed by atoms with van der Waals surface area (Å²) in [6.45, 7) is 3.67. The Balaban J connectivity index is 1.58. The Bertz CT molecular complexity index is 821. The molecule has 1 fully saturated rings. The number of nitrogens with zero attached hydrogens (tertiary/aromatic N) is 4. The van der Waals surface area contributed by atoms with E-state index in [2.05, 4.69) is 43.8 Å². The predicted octanol–water partition coefficient (Wildman–Crippen LogP) is 2.05. The van der Waals surface area contributed by atoms with E-state index in [1.165, 1.54) is 5.56 Å². The van der Waals surface area contributed by atoms with Crippen LogP contribution in [-0.2, 0) is 6.54 Å². The van der Waals surface area contributed by atoms with Crippen molar-refractivity contribution in [3.8, 4) is 12.3 Å². The van der Waals surface area contributed by atoms with Crippen LogP contribution in [0.3, 0.4) is 0 Å². The summed E-state index contributed by atoms with van der Waals surface area (Å²) < 4.78 is 2.17. The summed E-state index contributed by atoms with van der Waals surface area (Å²) in [5, 5.41) is 2.14. The number of aliphatic imine (C=N–C) groups is 1. The fourth-order valence-corrected chi connectivity index (χ4v) is 3.55. The average molecular weight is 333 g/mol. The molecule has 5 heteroatoms. The van der Waals surface area contributed by atoms with E-state index in [0.29, 0.717) is 12.7 Å². The molecule has 0 spiro atoms. The van der Waals surface area contributed by atoms with E-state index in [0.717, 1.165) is 49.4 Å². The van der Waals surface area contributed by atoms with Crippen LogP contribution in [0.5, 0.6) is 0 Å².